The monoisotopic (exact) mass is 552 g/mol. The molecule has 208 valence electrons. The summed E-state index contributed by atoms with van der Waals surface area (Å²) in [4.78, 5) is 41.1. The number of halogens is 1. The summed E-state index contributed by atoms with van der Waals surface area (Å²) in [6.07, 6.45) is 4.29. The lowest BCUT2D eigenvalue weighted by Gasteiger charge is -2.39. The number of hydrogen-bond donors (Lipinski definition) is 1. The number of fused-ring (bicyclic) bond motifs is 1. The Morgan fingerprint density at radius 3 is 2.46 bits per heavy atom. The van der Waals surface area contributed by atoms with Gasteiger partial charge in [0.05, 0.1) is 16.1 Å². The molecule has 10 heteroatoms. The smallest absolute Gasteiger partial charge is 0.355 e. The molecular formula is C29H37ClN6O3. The fourth-order valence-electron chi connectivity index (χ4n) is 6.04. The molecule has 0 aliphatic carbocycles. The van der Waals surface area contributed by atoms with E-state index in [4.69, 9.17) is 16.6 Å². The molecule has 0 radical (unpaired) electrons. The Morgan fingerprint density at radius 2 is 1.82 bits per heavy atom. The Labute approximate surface area is 234 Å². The number of aliphatic hydroxyl groups excluding tert-OH is 1. The highest BCUT2D eigenvalue weighted by atomic mass is 35.5. The van der Waals surface area contributed by atoms with Gasteiger partial charge in [-0.3, -0.25) is 4.79 Å². The SMILES string of the molecule is CCc1cccc(CC)c1-n1c(=O)nc(N2CCN(C=O)CC2C)c2cc(Cl)c(N3CCCC(CO)C3)nc21. The summed E-state index contributed by atoms with van der Waals surface area (Å²) in [6.45, 7) is 9.41. The van der Waals surface area contributed by atoms with E-state index in [1.54, 1.807) is 9.47 Å². The summed E-state index contributed by atoms with van der Waals surface area (Å²) < 4.78 is 1.66. The third-order valence-electron chi connectivity index (χ3n) is 8.13. The van der Waals surface area contributed by atoms with E-state index in [-0.39, 0.29) is 24.3 Å². The van der Waals surface area contributed by atoms with Gasteiger partial charge in [0.25, 0.3) is 0 Å². The standard InChI is InChI=1S/C29H37ClN6O3/c1-4-21-9-6-10-22(5-2)25(21)36-27-23(14-24(30)28(31-27)34-11-7-8-20(16-34)17-37)26(32-29(36)39)35-13-12-33(18-38)15-19(35)3/h6,9-10,14,18-20,37H,4-5,7-8,11-13,15-17H2,1-3H3. The van der Waals surface area contributed by atoms with Gasteiger partial charge in [-0.2, -0.15) is 4.98 Å². The maximum absolute atomic E-state index is 14.0. The molecule has 2 fully saturated rings. The fraction of sp³-hybridized carbons (Fsp3) is 0.517. The zero-order valence-electron chi connectivity index (χ0n) is 22.9. The van der Waals surface area contributed by atoms with Crippen LogP contribution in [0.1, 0.15) is 44.7 Å². The Bertz CT molecular complexity index is 1400. The van der Waals surface area contributed by atoms with Crippen LogP contribution in [0.4, 0.5) is 11.6 Å². The summed E-state index contributed by atoms with van der Waals surface area (Å²) in [5, 5.41) is 11.0. The van der Waals surface area contributed by atoms with Gasteiger partial charge >= 0.3 is 5.69 Å². The quantitative estimate of drug-likeness (QED) is 0.449. The number of carbonyl (C=O) groups excluding carboxylic acids is 1. The van der Waals surface area contributed by atoms with Crippen molar-refractivity contribution in [2.24, 2.45) is 5.92 Å². The molecular weight excluding hydrogens is 516 g/mol. The van der Waals surface area contributed by atoms with Gasteiger partial charge in [-0.1, -0.05) is 43.6 Å². The van der Waals surface area contributed by atoms with Crippen molar-refractivity contribution in [2.45, 2.75) is 52.5 Å². The van der Waals surface area contributed by atoms with E-state index in [1.165, 1.54) is 0 Å². The van der Waals surface area contributed by atoms with Crippen LogP contribution in [0.2, 0.25) is 5.02 Å². The van der Waals surface area contributed by atoms with Crippen LogP contribution in [0.15, 0.2) is 29.1 Å². The first-order chi connectivity index (χ1) is 18.9. The molecule has 3 aromatic rings. The van der Waals surface area contributed by atoms with Gasteiger partial charge in [0.1, 0.15) is 11.6 Å². The lowest BCUT2D eigenvalue weighted by Crippen LogP contribution is -2.52. The van der Waals surface area contributed by atoms with E-state index in [0.29, 0.717) is 53.9 Å². The van der Waals surface area contributed by atoms with Crippen molar-refractivity contribution in [1.29, 1.82) is 0 Å². The molecule has 0 spiro atoms. The van der Waals surface area contributed by atoms with Gasteiger partial charge in [0.2, 0.25) is 6.41 Å². The first-order valence-corrected chi connectivity index (χ1v) is 14.3. The van der Waals surface area contributed by atoms with Crippen molar-refractivity contribution >= 4 is 40.7 Å². The van der Waals surface area contributed by atoms with E-state index >= 15 is 0 Å². The number of aromatic nitrogens is 3. The van der Waals surface area contributed by atoms with E-state index < -0.39 is 0 Å². The van der Waals surface area contributed by atoms with E-state index in [0.717, 1.165) is 55.5 Å². The molecule has 2 aliphatic heterocycles. The van der Waals surface area contributed by atoms with E-state index in [9.17, 15) is 14.7 Å². The van der Waals surface area contributed by atoms with Crippen molar-refractivity contribution in [3.05, 3.63) is 50.9 Å². The predicted molar refractivity (Wildman–Crippen MR) is 155 cm³/mol. The molecule has 9 nitrogen and oxygen atoms in total. The van der Waals surface area contributed by atoms with Gasteiger partial charge in [0.15, 0.2) is 5.65 Å². The fourth-order valence-corrected chi connectivity index (χ4v) is 6.31. The van der Waals surface area contributed by atoms with Gasteiger partial charge in [-0.05, 0) is 55.7 Å². The third kappa shape index (κ3) is 5.10. The van der Waals surface area contributed by atoms with Crippen LogP contribution in [-0.2, 0) is 17.6 Å². The van der Waals surface area contributed by atoms with Gasteiger partial charge < -0.3 is 19.8 Å². The molecule has 2 unspecified atom stereocenters. The lowest BCUT2D eigenvalue weighted by atomic mass is 9.99. The number of nitrogens with zero attached hydrogens (tertiary/aromatic N) is 6. The summed E-state index contributed by atoms with van der Waals surface area (Å²) >= 11 is 6.92. The second-order valence-electron chi connectivity index (χ2n) is 10.6. The molecule has 0 saturated carbocycles. The minimum Gasteiger partial charge on any atom is -0.396 e. The highest BCUT2D eigenvalue weighted by Gasteiger charge is 2.30. The summed E-state index contributed by atoms with van der Waals surface area (Å²) in [7, 11) is 0. The number of para-hydroxylation sites is 1. The number of aryl methyl sites for hydroxylation is 2. The summed E-state index contributed by atoms with van der Waals surface area (Å²) in [5.74, 6) is 1.33. The molecule has 1 N–H and O–H groups in total. The average Bonchev–Trinajstić information content (AvgIpc) is 2.96. The Kier molecular flexibility index (Phi) is 8.09. The Hall–Kier alpha value is -3.17. The van der Waals surface area contributed by atoms with Gasteiger partial charge in [0, 0.05) is 45.4 Å². The third-order valence-corrected chi connectivity index (χ3v) is 8.41. The van der Waals surface area contributed by atoms with Crippen molar-refractivity contribution in [3.63, 3.8) is 0 Å². The molecule has 4 heterocycles. The number of amides is 1. The summed E-state index contributed by atoms with van der Waals surface area (Å²) in [5.41, 5.74) is 3.08. The largest absolute Gasteiger partial charge is 0.396 e. The minimum atomic E-state index is -0.384. The van der Waals surface area contributed by atoms with Crippen molar-refractivity contribution in [3.8, 4) is 5.69 Å². The molecule has 1 amide bonds. The van der Waals surface area contributed by atoms with Crippen molar-refractivity contribution < 1.29 is 9.90 Å². The van der Waals surface area contributed by atoms with Crippen LogP contribution in [0.5, 0.6) is 0 Å². The number of rotatable bonds is 7. The lowest BCUT2D eigenvalue weighted by molar-refractivity contribution is -0.118. The zero-order valence-corrected chi connectivity index (χ0v) is 23.7. The summed E-state index contributed by atoms with van der Waals surface area (Å²) in [6, 6.07) is 7.99. The van der Waals surface area contributed by atoms with Crippen LogP contribution < -0.4 is 15.5 Å². The first kappa shape index (κ1) is 27.4. The topological polar surface area (TPSA) is 94.8 Å². The molecule has 2 saturated heterocycles. The number of aliphatic hydroxyl groups is 1. The molecule has 1 aromatic carbocycles. The highest BCUT2D eigenvalue weighted by Crippen LogP contribution is 2.36. The number of hydrogen-bond acceptors (Lipinski definition) is 7. The molecule has 2 aromatic heterocycles. The number of anilines is 2. The molecule has 0 bridgehead atoms. The molecule has 5 rings (SSSR count). The van der Waals surface area contributed by atoms with Crippen LogP contribution in [0.3, 0.4) is 0 Å². The zero-order chi connectivity index (χ0) is 27.7. The Morgan fingerprint density at radius 1 is 1.08 bits per heavy atom. The van der Waals surface area contributed by atoms with Gasteiger partial charge in [-0.15, -0.1) is 0 Å². The van der Waals surface area contributed by atoms with Crippen LogP contribution in [0, 0.1) is 5.92 Å². The van der Waals surface area contributed by atoms with E-state index in [1.807, 2.05) is 19.1 Å². The van der Waals surface area contributed by atoms with Crippen LogP contribution in [-0.4, -0.2) is 76.3 Å². The predicted octanol–water partition coefficient (Wildman–Crippen LogP) is 3.43. The Balaban J connectivity index is 1.77. The first-order valence-electron chi connectivity index (χ1n) is 14.0. The van der Waals surface area contributed by atoms with Crippen LogP contribution >= 0.6 is 11.6 Å². The number of carbonyl (C=O) groups is 1. The second kappa shape index (κ2) is 11.5. The number of piperidine rings is 1. The second-order valence-corrected chi connectivity index (χ2v) is 11.0. The molecule has 2 aliphatic rings. The highest BCUT2D eigenvalue weighted by molar-refractivity contribution is 6.33. The molecule has 39 heavy (non-hydrogen) atoms. The van der Waals surface area contributed by atoms with Crippen LogP contribution in [0.25, 0.3) is 16.7 Å². The number of pyridine rings is 1. The number of benzene rings is 1. The average molecular weight is 553 g/mol. The maximum atomic E-state index is 14.0. The van der Waals surface area contributed by atoms with E-state index in [2.05, 4.69) is 40.8 Å². The van der Waals surface area contributed by atoms with Crippen molar-refractivity contribution in [1.82, 2.24) is 19.4 Å². The number of piperazine rings is 1. The van der Waals surface area contributed by atoms with Gasteiger partial charge in [-0.25, -0.2) is 14.3 Å². The minimum absolute atomic E-state index is 0.0325. The van der Waals surface area contributed by atoms with Crippen molar-refractivity contribution in [2.75, 3.05) is 49.1 Å². The molecule has 2 atom stereocenters. The maximum Gasteiger partial charge on any atom is 0.355 e. The normalized spacial score (nSPS) is 20.1.